The zero-order chi connectivity index (χ0) is 11.4. The van der Waals surface area contributed by atoms with E-state index in [1.165, 1.54) is 57.8 Å². The SMILES string of the molecule is CCCCC(O)C1CCC2CCCCC2C1. The van der Waals surface area contributed by atoms with Crippen molar-refractivity contribution in [1.29, 1.82) is 0 Å². The number of hydrogen-bond acceptors (Lipinski definition) is 1. The lowest BCUT2D eigenvalue weighted by molar-refractivity contribution is 0.0300. The van der Waals surface area contributed by atoms with Crippen LogP contribution in [0.4, 0.5) is 0 Å². The topological polar surface area (TPSA) is 20.2 Å². The second-order valence-corrected chi connectivity index (χ2v) is 6.09. The van der Waals surface area contributed by atoms with Crippen molar-refractivity contribution >= 4 is 0 Å². The first-order valence-electron chi connectivity index (χ1n) is 7.49. The summed E-state index contributed by atoms with van der Waals surface area (Å²) in [6.45, 7) is 2.21. The number of aliphatic hydroxyl groups is 1. The van der Waals surface area contributed by atoms with Gasteiger partial charge in [0.1, 0.15) is 0 Å². The molecule has 0 saturated heterocycles. The summed E-state index contributed by atoms with van der Waals surface area (Å²) in [7, 11) is 0. The fraction of sp³-hybridized carbons (Fsp3) is 1.00. The van der Waals surface area contributed by atoms with E-state index < -0.39 is 0 Å². The van der Waals surface area contributed by atoms with E-state index in [0.29, 0.717) is 5.92 Å². The molecule has 1 heteroatoms. The zero-order valence-corrected chi connectivity index (χ0v) is 10.8. The molecule has 0 amide bonds. The van der Waals surface area contributed by atoms with Crippen LogP contribution in [0.15, 0.2) is 0 Å². The van der Waals surface area contributed by atoms with E-state index in [9.17, 15) is 5.11 Å². The number of rotatable bonds is 4. The van der Waals surface area contributed by atoms with Crippen LogP contribution in [0.3, 0.4) is 0 Å². The monoisotopic (exact) mass is 224 g/mol. The molecule has 2 fully saturated rings. The molecule has 2 aliphatic rings. The highest BCUT2D eigenvalue weighted by Gasteiger charge is 2.34. The van der Waals surface area contributed by atoms with Crippen molar-refractivity contribution in [3.63, 3.8) is 0 Å². The number of fused-ring (bicyclic) bond motifs is 1. The second-order valence-electron chi connectivity index (χ2n) is 6.09. The summed E-state index contributed by atoms with van der Waals surface area (Å²) >= 11 is 0. The quantitative estimate of drug-likeness (QED) is 0.760. The van der Waals surface area contributed by atoms with Gasteiger partial charge >= 0.3 is 0 Å². The van der Waals surface area contributed by atoms with E-state index in [0.717, 1.165) is 18.3 Å². The molecular weight excluding hydrogens is 196 g/mol. The molecule has 1 nitrogen and oxygen atoms in total. The molecule has 4 atom stereocenters. The highest BCUT2D eigenvalue weighted by Crippen LogP contribution is 2.43. The zero-order valence-electron chi connectivity index (χ0n) is 10.8. The molecule has 1 N–H and O–H groups in total. The molecule has 2 saturated carbocycles. The van der Waals surface area contributed by atoms with E-state index in [2.05, 4.69) is 6.92 Å². The van der Waals surface area contributed by atoms with Crippen molar-refractivity contribution in [2.45, 2.75) is 77.2 Å². The molecule has 0 heterocycles. The third-order valence-electron chi connectivity index (χ3n) is 4.98. The summed E-state index contributed by atoms with van der Waals surface area (Å²) in [5.41, 5.74) is 0. The molecule has 0 spiro atoms. The van der Waals surface area contributed by atoms with Gasteiger partial charge < -0.3 is 5.11 Å². The van der Waals surface area contributed by atoms with Crippen LogP contribution in [0.1, 0.15) is 71.1 Å². The maximum atomic E-state index is 10.2. The number of aliphatic hydroxyl groups excluding tert-OH is 1. The lowest BCUT2D eigenvalue weighted by Crippen LogP contribution is -2.33. The van der Waals surface area contributed by atoms with Gasteiger partial charge in [-0.15, -0.1) is 0 Å². The molecule has 0 aromatic rings. The Bertz CT molecular complexity index is 202. The Balaban J connectivity index is 1.79. The molecule has 16 heavy (non-hydrogen) atoms. The predicted octanol–water partition coefficient (Wildman–Crippen LogP) is 4.14. The van der Waals surface area contributed by atoms with E-state index in [1.54, 1.807) is 0 Å². The molecule has 0 radical (unpaired) electrons. The number of hydrogen-bond donors (Lipinski definition) is 1. The van der Waals surface area contributed by atoms with Crippen molar-refractivity contribution in [3.8, 4) is 0 Å². The maximum absolute atomic E-state index is 10.2. The Morgan fingerprint density at radius 3 is 2.56 bits per heavy atom. The molecule has 4 unspecified atom stereocenters. The van der Waals surface area contributed by atoms with E-state index in [1.807, 2.05) is 0 Å². The third-order valence-corrected chi connectivity index (χ3v) is 4.98. The Morgan fingerprint density at radius 1 is 1.06 bits per heavy atom. The van der Waals surface area contributed by atoms with Crippen LogP contribution >= 0.6 is 0 Å². The lowest BCUT2D eigenvalue weighted by atomic mass is 9.66. The van der Waals surface area contributed by atoms with Gasteiger partial charge in [0.05, 0.1) is 6.10 Å². The van der Waals surface area contributed by atoms with Gasteiger partial charge in [-0.1, -0.05) is 45.4 Å². The van der Waals surface area contributed by atoms with Gasteiger partial charge in [0.15, 0.2) is 0 Å². The first kappa shape index (κ1) is 12.4. The van der Waals surface area contributed by atoms with Gasteiger partial charge in [0.25, 0.3) is 0 Å². The fourth-order valence-electron chi connectivity index (χ4n) is 3.91. The normalized spacial score (nSPS) is 36.8. The summed E-state index contributed by atoms with van der Waals surface area (Å²) in [4.78, 5) is 0. The minimum absolute atomic E-state index is 0.00262. The second kappa shape index (κ2) is 6.05. The Morgan fingerprint density at radius 2 is 1.81 bits per heavy atom. The van der Waals surface area contributed by atoms with Gasteiger partial charge in [-0.3, -0.25) is 0 Å². The molecule has 0 aliphatic heterocycles. The summed E-state index contributed by atoms with van der Waals surface area (Å²) in [6.07, 6.45) is 13.3. The predicted molar refractivity (Wildman–Crippen MR) is 68.3 cm³/mol. The minimum atomic E-state index is 0.00262. The van der Waals surface area contributed by atoms with Gasteiger partial charge in [-0.25, -0.2) is 0 Å². The van der Waals surface area contributed by atoms with Gasteiger partial charge in [0.2, 0.25) is 0 Å². The van der Waals surface area contributed by atoms with Crippen molar-refractivity contribution in [1.82, 2.24) is 0 Å². The van der Waals surface area contributed by atoms with Gasteiger partial charge in [-0.05, 0) is 43.4 Å². The van der Waals surface area contributed by atoms with Crippen LogP contribution < -0.4 is 0 Å². The average molecular weight is 224 g/mol. The van der Waals surface area contributed by atoms with Crippen LogP contribution in [0.25, 0.3) is 0 Å². The van der Waals surface area contributed by atoms with Crippen LogP contribution in [0.5, 0.6) is 0 Å². The van der Waals surface area contributed by atoms with Gasteiger partial charge in [-0.2, -0.15) is 0 Å². The fourth-order valence-corrected chi connectivity index (χ4v) is 3.91. The van der Waals surface area contributed by atoms with E-state index in [-0.39, 0.29) is 6.10 Å². The molecule has 94 valence electrons. The van der Waals surface area contributed by atoms with Crippen molar-refractivity contribution in [3.05, 3.63) is 0 Å². The Kier molecular flexibility index (Phi) is 4.69. The van der Waals surface area contributed by atoms with Gasteiger partial charge in [0, 0.05) is 0 Å². The summed E-state index contributed by atoms with van der Waals surface area (Å²) in [5, 5.41) is 10.2. The largest absolute Gasteiger partial charge is 0.393 e. The standard InChI is InChI=1S/C15H28O/c1-2-3-8-15(16)14-10-9-12-6-4-5-7-13(12)11-14/h12-16H,2-11H2,1H3. The van der Waals surface area contributed by atoms with Crippen molar-refractivity contribution in [2.75, 3.05) is 0 Å². The van der Waals surface area contributed by atoms with Crippen LogP contribution in [-0.4, -0.2) is 11.2 Å². The summed E-state index contributed by atoms with van der Waals surface area (Å²) in [6, 6.07) is 0. The maximum Gasteiger partial charge on any atom is 0.0568 e. The summed E-state index contributed by atoms with van der Waals surface area (Å²) < 4.78 is 0. The minimum Gasteiger partial charge on any atom is -0.393 e. The third kappa shape index (κ3) is 3.00. The highest BCUT2D eigenvalue weighted by molar-refractivity contribution is 4.85. The Labute approximate surface area is 101 Å². The first-order valence-corrected chi connectivity index (χ1v) is 7.49. The van der Waals surface area contributed by atoms with E-state index >= 15 is 0 Å². The number of unbranched alkanes of at least 4 members (excludes halogenated alkanes) is 1. The molecule has 0 aromatic carbocycles. The molecule has 0 aromatic heterocycles. The molecule has 2 aliphatic carbocycles. The van der Waals surface area contributed by atoms with Crippen molar-refractivity contribution in [2.24, 2.45) is 17.8 Å². The highest BCUT2D eigenvalue weighted by atomic mass is 16.3. The molecular formula is C15H28O. The average Bonchev–Trinajstić information content (AvgIpc) is 2.35. The molecule has 2 rings (SSSR count). The molecule has 0 bridgehead atoms. The first-order chi connectivity index (χ1) is 7.81. The van der Waals surface area contributed by atoms with Crippen molar-refractivity contribution < 1.29 is 5.11 Å². The van der Waals surface area contributed by atoms with Crippen LogP contribution in [0.2, 0.25) is 0 Å². The summed E-state index contributed by atoms with van der Waals surface area (Å²) in [5.74, 6) is 2.61. The van der Waals surface area contributed by atoms with E-state index in [4.69, 9.17) is 0 Å². The Hall–Kier alpha value is -0.0400. The smallest absolute Gasteiger partial charge is 0.0568 e. The van der Waals surface area contributed by atoms with Crippen LogP contribution in [0, 0.1) is 17.8 Å². The van der Waals surface area contributed by atoms with Crippen LogP contribution in [-0.2, 0) is 0 Å². The lowest BCUT2D eigenvalue weighted by Gasteiger charge is -2.40.